The van der Waals surface area contributed by atoms with Crippen molar-refractivity contribution in [3.05, 3.63) is 33.4 Å². The second-order valence-electron chi connectivity index (χ2n) is 3.14. The Balaban J connectivity index is 2.73. The van der Waals surface area contributed by atoms with Crippen LogP contribution in [-0.4, -0.2) is 4.98 Å². The third kappa shape index (κ3) is 1.67. The van der Waals surface area contributed by atoms with E-state index < -0.39 is 0 Å². The number of pyridine rings is 1. The third-order valence-corrected chi connectivity index (χ3v) is 2.78. The maximum Gasteiger partial charge on any atom is 0.143 e. The molecule has 72 valence electrons. The first-order valence-electron chi connectivity index (χ1n) is 4.24. The number of aromatic nitrogens is 1. The molecule has 3 N–H and O–H groups in total. The van der Waals surface area contributed by atoms with Crippen molar-refractivity contribution < 1.29 is 0 Å². The molecule has 0 aliphatic rings. The highest BCUT2D eigenvalue weighted by atomic mass is 127. The third-order valence-electron chi connectivity index (χ3n) is 2.10. The number of anilines is 1. The summed E-state index contributed by atoms with van der Waals surface area (Å²) in [7, 11) is 0. The topological polar surface area (TPSA) is 50.9 Å². The largest absolute Gasteiger partial charge is 0.308 e. The molecule has 14 heavy (non-hydrogen) atoms. The van der Waals surface area contributed by atoms with Gasteiger partial charge in [0.2, 0.25) is 0 Å². The van der Waals surface area contributed by atoms with Crippen molar-refractivity contribution in [2.24, 2.45) is 5.84 Å². The number of nitrogens with zero attached hydrogens (tertiary/aromatic N) is 1. The van der Waals surface area contributed by atoms with E-state index in [1.54, 1.807) is 0 Å². The predicted octanol–water partition coefficient (Wildman–Crippen LogP) is 2.43. The zero-order valence-corrected chi connectivity index (χ0v) is 9.87. The van der Waals surface area contributed by atoms with Crippen LogP contribution in [0.4, 0.5) is 5.82 Å². The Morgan fingerprint density at radius 3 is 2.86 bits per heavy atom. The molecule has 0 fully saturated rings. The normalized spacial score (nSPS) is 10.5. The summed E-state index contributed by atoms with van der Waals surface area (Å²) in [6.45, 7) is 1.99. The Labute approximate surface area is 95.8 Å². The molecule has 0 aliphatic carbocycles. The molecule has 3 nitrogen and oxygen atoms in total. The first-order valence-corrected chi connectivity index (χ1v) is 5.32. The van der Waals surface area contributed by atoms with E-state index in [0.29, 0.717) is 0 Å². The van der Waals surface area contributed by atoms with Crippen molar-refractivity contribution in [1.29, 1.82) is 0 Å². The Morgan fingerprint density at radius 2 is 2.14 bits per heavy atom. The second kappa shape index (κ2) is 3.70. The first-order chi connectivity index (χ1) is 6.70. The molecular weight excluding hydrogens is 289 g/mol. The van der Waals surface area contributed by atoms with Gasteiger partial charge in [-0.15, -0.1) is 0 Å². The minimum atomic E-state index is 0.735. The van der Waals surface area contributed by atoms with Gasteiger partial charge in [-0.2, -0.15) is 0 Å². The van der Waals surface area contributed by atoms with Gasteiger partial charge in [0, 0.05) is 8.96 Å². The Kier molecular flexibility index (Phi) is 2.56. The SMILES string of the molecule is Cc1cc2cc(I)ccc2nc1NN. The lowest BCUT2D eigenvalue weighted by atomic mass is 10.1. The molecule has 0 atom stereocenters. The molecule has 0 unspecified atom stereocenters. The highest BCUT2D eigenvalue weighted by Crippen LogP contribution is 2.20. The van der Waals surface area contributed by atoms with Crippen LogP contribution in [0.5, 0.6) is 0 Å². The summed E-state index contributed by atoms with van der Waals surface area (Å²) >= 11 is 2.29. The number of rotatable bonds is 1. The fraction of sp³-hybridized carbons (Fsp3) is 0.100. The number of nitrogens with one attached hydrogen (secondary N) is 1. The zero-order chi connectivity index (χ0) is 10.1. The van der Waals surface area contributed by atoms with Crippen LogP contribution in [0.3, 0.4) is 0 Å². The van der Waals surface area contributed by atoms with Gasteiger partial charge in [0.15, 0.2) is 0 Å². The highest BCUT2D eigenvalue weighted by molar-refractivity contribution is 14.1. The summed E-state index contributed by atoms with van der Waals surface area (Å²) in [4.78, 5) is 4.39. The minimum Gasteiger partial charge on any atom is -0.308 e. The zero-order valence-electron chi connectivity index (χ0n) is 7.71. The number of nitrogen functional groups attached to an aromatic ring is 1. The van der Waals surface area contributed by atoms with E-state index in [0.717, 1.165) is 22.3 Å². The summed E-state index contributed by atoms with van der Waals surface area (Å²) in [5.41, 5.74) is 4.61. The van der Waals surface area contributed by atoms with Crippen molar-refractivity contribution in [2.45, 2.75) is 6.92 Å². The average molecular weight is 299 g/mol. The van der Waals surface area contributed by atoms with Gasteiger partial charge < -0.3 is 5.43 Å². The first kappa shape index (κ1) is 9.67. The number of hydrogen-bond acceptors (Lipinski definition) is 3. The van der Waals surface area contributed by atoms with Crippen molar-refractivity contribution in [1.82, 2.24) is 4.98 Å². The molecule has 2 aromatic rings. The van der Waals surface area contributed by atoms with Crippen LogP contribution in [0.2, 0.25) is 0 Å². The number of benzene rings is 1. The lowest BCUT2D eigenvalue weighted by molar-refractivity contribution is 1.23. The monoisotopic (exact) mass is 299 g/mol. The van der Waals surface area contributed by atoms with Crippen molar-refractivity contribution in [3.63, 3.8) is 0 Å². The van der Waals surface area contributed by atoms with Gasteiger partial charge >= 0.3 is 0 Å². The van der Waals surface area contributed by atoms with Gasteiger partial charge in [-0.25, -0.2) is 10.8 Å². The van der Waals surface area contributed by atoms with Gasteiger partial charge in [-0.3, -0.25) is 0 Å². The van der Waals surface area contributed by atoms with Crippen LogP contribution in [0.15, 0.2) is 24.3 Å². The lowest BCUT2D eigenvalue weighted by Crippen LogP contribution is -2.10. The van der Waals surface area contributed by atoms with Gasteiger partial charge in [0.25, 0.3) is 0 Å². The van der Waals surface area contributed by atoms with Crippen LogP contribution in [0.1, 0.15) is 5.56 Å². The molecule has 0 amide bonds. The number of hydrazine groups is 1. The summed E-state index contributed by atoms with van der Waals surface area (Å²) in [5, 5.41) is 1.15. The number of hydrogen-bond donors (Lipinski definition) is 2. The molecule has 0 spiro atoms. The summed E-state index contributed by atoms with van der Waals surface area (Å²) in [6, 6.07) is 8.22. The van der Waals surface area contributed by atoms with E-state index in [1.165, 1.54) is 3.57 Å². The molecule has 2 rings (SSSR count). The van der Waals surface area contributed by atoms with Crippen LogP contribution >= 0.6 is 22.6 Å². The number of fused-ring (bicyclic) bond motifs is 1. The molecule has 0 bridgehead atoms. The number of halogens is 1. The van der Waals surface area contributed by atoms with Crippen LogP contribution < -0.4 is 11.3 Å². The molecule has 0 radical (unpaired) electrons. The number of aryl methyl sites for hydroxylation is 1. The average Bonchev–Trinajstić information content (AvgIpc) is 2.16. The molecule has 1 heterocycles. The maximum atomic E-state index is 5.36. The molecular formula is C10H10IN3. The van der Waals surface area contributed by atoms with Gasteiger partial charge in [-0.1, -0.05) is 0 Å². The molecule has 0 saturated heterocycles. The van der Waals surface area contributed by atoms with E-state index in [2.05, 4.69) is 45.1 Å². The number of nitrogens with two attached hydrogens (primary N) is 1. The van der Waals surface area contributed by atoms with Crippen molar-refractivity contribution in [2.75, 3.05) is 5.43 Å². The van der Waals surface area contributed by atoms with E-state index in [-0.39, 0.29) is 0 Å². The Bertz CT molecular complexity index is 482. The Morgan fingerprint density at radius 1 is 1.36 bits per heavy atom. The molecule has 1 aromatic carbocycles. The highest BCUT2D eigenvalue weighted by Gasteiger charge is 2.01. The summed E-state index contributed by atoms with van der Waals surface area (Å²) in [6.07, 6.45) is 0. The van der Waals surface area contributed by atoms with Crippen molar-refractivity contribution in [3.8, 4) is 0 Å². The molecule has 0 aliphatic heterocycles. The molecule has 4 heteroatoms. The fourth-order valence-corrected chi connectivity index (χ4v) is 1.91. The predicted molar refractivity (Wildman–Crippen MR) is 67.0 cm³/mol. The summed E-state index contributed by atoms with van der Waals surface area (Å²) in [5.74, 6) is 6.09. The summed E-state index contributed by atoms with van der Waals surface area (Å²) < 4.78 is 1.21. The molecule has 0 saturated carbocycles. The van der Waals surface area contributed by atoms with Crippen LogP contribution in [0, 0.1) is 10.5 Å². The van der Waals surface area contributed by atoms with E-state index >= 15 is 0 Å². The maximum absolute atomic E-state index is 5.36. The van der Waals surface area contributed by atoms with Gasteiger partial charge in [0.1, 0.15) is 5.82 Å². The lowest BCUT2D eigenvalue weighted by Gasteiger charge is -2.06. The van der Waals surface area contributed by atoms with Crippen LogP contribution in [-0.2, 0) is 0 Å². The van der Waals surface area contributed by atoms with Crippen LogP contribution in [0.25, 0.3) is 10.9 Å². The second-order valence-corrected chi connectivity index (χ2v) is 4.38. The van der Waals surface area contributed by atoms with Gasteiger partial charge in [0.05, 0.1) is 5.52 Å². The minimum absolute atomic E-state index is 0.735. The van der Waals surface area contributed by atoms with E-state index in [9.17, 15) is 0 Å². The standard InChI is InChI=1S/C10H10IN3/c1-6-4-7-5-8(11)2-3-9(7)13-10(6)14-12/h2-5H,12H2,1H3,(H,13,14). The quantitative estimate of drug-likeness (QED) is 0.483. The van der Waals surface area contributed by atoms with Gasteiger partial charge in [-0.05, 0) is 59.3 Å². The van der Waals surface area contributed by atoms with E-state index in [4.69, 9.17) is 5.84 Å². The molecule has 1 aromatic heterocycles. The van der Waals surface area contributed by atoms with Crippen molar-refractivity contribution >= 4 is 39.3 Å². The van der Waals surface area contributed by atoms with E-state index in [1.807, 2.05) is 19.1 Å². The fourth-order valence-electron chi connectivity index (χ4n) is 1.40. The smallest absolute Gasteiger partial charge is 0.143 e. The Hall–Kier alpha value is -0.880.